The standard InChI is InChI=1S/C19H18ClFN2O7/c1-4-29-17-8-12(15(23(26)27)9-16(17)28-3)19(25)30-10(2)18(24)22-14-6-5-11(21)7-13(14)20/h5-10H,4H2,1-3H3,(H,22,24). The molecule has 0 saturated carbocycles. The highest BCUT2D eigenvalue weighted by atomic mass is 35.5. The van der Waals surface area contributed by atoms with Crippen LogP contribution < -0.4 is 14.8 Å². The summed E-state index contributed by atoms with van der Waals surface area (Å²) >= 11 is 5.85. The number of anilines is 1. The second-order valence-electron chi connectivity index (χ2n) is 5.87. The van der Waals surface area contributed by atoms with Crippen LogP contribution in [-0.4, -0.2) is 36.6 Å². The summed E-state index contributed by atoms with van der Waals surface area (Å²) in [4.78, 5) is 35.4. The predicted molar refractivity (Wildman–Crippen MR) is 106 cm³/mol. The van der Waals surface area contributed by atoms with Crippen molar-refractivity contribution in [2.45, 2.75) is 20.0 Å². The number of nitro benzene ring substituents is 1. The van der Waals surface area contributed by atoms with Crippen molar-refractivity contribution >= 4 is 34.9 Å². The second kappa shape index (κ2) is 9.88. The van der Waals surface area contributed by atoms with Gasteiger partial charge in [0.25, 0.3) is 11.6 Å². The van der Waals surface area contributed by atoms with Crippen LogP contribution in [0.5, 0.6) is 11.5 Å². The lowest BCUT2D eigenvalue weighted by Gasteiger charge is -2.15. The second-order valence-corrected chi connectivity index (χ2v) is 6.28. The molecule has 0 aliphatic heterocycles. The quantitative estimate of drug-likeness (QED) is 0.375. The van der Waals surface area contributed by atoms with E-state index in [9.17, 15) is 24.1 Å². The molecule has 0 bridgehead atoms. The van der Waals surface area contributed by atoms with E-state index in [1.165, 1.54) is 20.1 Å². The van der Waals surface area contributed by atoms with Gasteiger partial charge in [0, 0.05) is 6.07 Å². The number of nitrogens with one attached hydrogen (secondary N) is 1. The van der Waals surface area contributed by atoms with Crippen LogP contribution in [0.15, 0.2) is 30.3 Å². The molecule has 1 amide bonds. The Hall–Kier alpha value is -3.40. The zero-order valence-corrected chi connectivity index (χ0v) is 17.0. The summed E-state index contributed by atoms with van der Waals surface area (Å²) in [6.07, 6.45) is -1.34. The average Bonchev–Trinajstić information content (AvgIpc) is 2.69. The van der Waals surface area contributed by atoms with Crippen LogP contribution in [0.1, 0.15) is 24.2 Å². The third-order valence-electron chi connectivity index (χ3n) is 3.84. The van der Waals surface area contributed by atoms with E-state index in [1.807, 2.05) is 0 Å². The lowest BCUT2D eigenvalue weighted by Crippen LogP contribution is -2.30. The number of carbonyl (C=O) groups excluding carboxylic acids is 2. The summed E-state index contributed by atoms with van der Waals surface area (Å²) in [5.74, 6) is -2.30. The van der Waals surface area contributed by atoms with Gasteiger partial charge in [-0.25, -0.2) is 9.18 Å². The molecule has 160 valence electrons. The third kappa shape index (κ3) is 5.35. The van der Waals surface area contributed by atoms with Gasteiger partial charge in [0.2, 0.25) is 0 Å². The molecule has 0 aromatic heterocycles. The number of nitro groups is 1. The van der Waals surface area contributed by atoms with E-state index >= 15 is 0 Å². The van der Waals surface area contributed by atoms with Crippen LogP contribution in [0, 0.1) is 15.9 Å². The van der Waals surface area contributed by atoms with Crippen molar-refractivity contribution in [3.63, 3.8) is 0 Å². The topological polar surface area (TPSA) is 117 Å². The fraction of sp³-hybridized carbons (Fsp3) is 0.263. The summed E-state index contributed by atoms with van der Waals surface area (Å²) in [5, 5.41) is 13.7. The van der Waals surface area contributed by atoms with E-state index in [0.29, 0.717) is 0 Å². The number of hydrogen-bond donors (Lipinski definition) is 1. The SMILES string of the molecule is CCOc1cc(C(=O)OC(C)C(=O)Nc2ccc(F)cc2Cl)c([N+](=O)[O-])cc1OC. The molecule has 2 rings (SSSR count). The summed E-state index contributed by atoms with van der Waals surface area (Å²) in [6, 6.07) is 5.49. The molecule has 1 atom stereocenters. The maximum absolute atomic E-state index is 13.1. The first-order valence-electron chi connectivity index (χ1n) is 8.64. The lowest BCUT2D eigenvalue weighted by molar-refractivity contribution is -0.385. The Morgan fingerprint density at radius 3 is 2.53 bits per heavy atom. The first kappa shape index (κ1) is 22.9. The van der Waals surface area contributed by atoms with E-state index in [0.717, 1.165) is 24.3 Å². The normalized spacial score (nSPS) is 11.4. The molecule has 2 aromatic rings. The van der Waals surface area contributed by atoms with Crippen molar-refractivity contribution in [2.24, 2.45) is 0 Å². The van der Waals surface area contributed by atoms with E-state index < -0.39 is 40.0 Å². The minimum absolute atomic E-state index is 0.0472. The molecule has 0 aliphatic carbocycles. The largest absolute Gasteiger partial charge is 0.493 e. The number of hydrogen-bond acceptors (Lipinski definition) is 7. The highest BCUT2D eigenvalue weighted by Gasteiger charge is 2.28. The van der Waals surface area contributed by atoms with Gasteiger partial charge < -0.3 is 19.5 Å². The van der Waals surface area contributed by atoms with E-state index in [1.54, 1.807) is 6.92 Å². The number of amides is 1. The van der Waals surface area contributed by atoms with Crippen molar-refractivity contribution < 1.29 is 33.1 Å². The third-order valence-corrected chi connectivity index (χ3v) is 4.15. The van der Waals surface area contributed by atoms with Crippen LogP contribution in [0.4, 0.5) is 15.8 Å². The van der Waals surface area contributed by atoms with Gasteiger partial charge in [-0.3, -0.25) is 14.9 Å². The number of carbonyl (C=O) groups is 2. The molecular formula is C19H18ClFN2O7. The van der Waals surface area contributed by atoms with Gasteiger partial charge >= 0.3 is 5.97 Å². The maximum Gasteiger partial charge on any atom is 0.346 e. The monoisotopic (exact) mass is 440 g/mol. The van der Waals surface area contributed by atoms with Crippen LogP contribution in [0.25, 0.3) is 0 Å². The summed E-state index contributed by atoms with van der Waals surface area (Å²) in [5.41, 5.74) is -0.877. The number of rotatable bonds is 8. The molecular weight excluding hydrogens is 423 g/mol. The van der Waals surface area contributed by atoms with Gasteiger partial charge in [0.15, 0.2) is 17.6 Å². The van der Waals surface area contributed by atoms with Crippen LogP contribution in [0.2, 0.25) is 5.02 Å². The molecule has 0 spiro atoms. The molecule has 30 heavy (non-hydrogen) atoms. The molecule has 2 aromatic carbocycles. The minimum atomic E-state index is -1.34. The van der Waals surface area contributed by atoms with E-state index in [-0.39, 0.29) is 28.8 Å². The van der Waals surface area contributed by atoms with Crippen LogP contribution >= 0.6 is 11.6 Å². The van der Waals surface area contributed by atoms with Crippen molar-refractivity contribution in [2.75, 3.05) is 19.0 Å². The van der Waals surface area contributed by atoms with Crippen molar-refractivity contribution in [3.8, 4) is 11.5 Å². The van der Waals surface area contributed by atoms with Crippen LogP contribution in [0.3, 0.4) is 0 Å². The van der Waals surface area contributed by atoms with Gasteiger partial charge in [-0.05, 0) is 32.0 Å². The highest BCUT2D eigenvalue weighted by molar-refractivity contribution is 6.33. The molecule has 1 N–H and O–H groups in total. The molecule has 0 heterocycles. The average molecular weight is 441 g/mol. The fourth-order valence-corrected chi connectivity index (χ4v) is 2.61. The summed E-state index contributed by atoms with van der Waals surface area (Å²) in [7, 11) is 1.30. The highest BCUT2D eigenvalue weighted by Crippen LogP contribution is 2.35. The minimum Gasteiger partial charge on any atom is -0.493 e. The van der Waals surface area contributed by atoms with Gasteiger partial charge in [-0.15, -0.1) is 0 Å². The number of benzene rings is 2. The van der Waals surface area contributed by atoms with Gasteiger partial charge in [-0.1, -0.05) is 11.6 Å². The molecule has 9 nitrogen and oxygen atoms in total. The van der Waals surface area contributed by atoms with Gasteiger partial charge in [0.1, 0.15) is 11.4 Å². The van der Waals surface area contributed by atoms with E-state index in [2.05, 4.69) is 5.32 Å². The Labute approximate surface area is 175 Å². The Kier molecular flexibility index (Phi) is 7.54. The van der Waals surface area contributed by atoms with Gasteiger partial charge in [0.05, 0.1) is 35.4 Å². The Morgan fingerprint density at radius 2 is 1.97 bits per heavy atom. The number of ether oxygens (including phenoxy) is 3. The fourth-order valence-electron chi connectivity index (χ4n) is 2.39. The Bertz CT molecular complexity index is 984. The van der Waals surface area contributed by atoms with Gasteiger partial charge in [-0.2, -0.15) is 0 Å². The first-order valence-corrected chi connectivity index (χ1v) is 9.01. The van der Waals surface area contributed by atoms with Crippen molar-refractivity contribution in [1.82, 2.24) is 0 Å². The molecule has 0 fully saturated rings. The molecule has 11 heteroatoms. The number of esters is 1. The summed E-state index contributed by atoms with van der Waals surface area (Å²) in [6.45, 7) is 3.18. The van der Waals surface area contributed by atoms with Crippen molar-refractivity contribution in [1.29, 1.82) is 0 Å². The number of halogens is 2. The Balaban J connectivity index is 2.23. The maximum atomic E-state index is 13.1. The van der Waals surface area contributed by atoms with Crippen molar-refractivity contribution in [3.05, 3.63) is 56.8 Å². The van der Waals surface area contributed by atoms with E-state index in [4.69, 9.17) is 25.8 Å². The predicted octanol–water partition coefficient (Wildman–Crippen LogP) is 3.98. The van der Waals surface area contributed by atoms with Crippen LogP contribution in [-0.2, 0) is 9.53 Å². The summed E-state index contributed by atoms with van der Waals surface area (Å²) < 4.78 is 28.5. The first-order chi connectivity index (χ1) is 14.2. The number of nitrogens with zero attached hydrogens (tertiary/aromatic N) is 1. The molecule has 0 radical (unpaired) electrons. The smallest absolute Gasteiger partial charge is 0.346 e. The number of methoxy groups -OCH3 is 1. The molecule has 1 unspecified atom stereocenters. The lowest BCUT2D eigenvalue weighted by atomic mass is 10.1. The molecule has 0 saturated heterocycles. The zero-order valence-electron chi connectivity index (χ0n) is 16.2. The molecule has 0 aliphatic rings. The zero-order chi connectivity index (χ0) is 22.4. The Morgan fingerprint density at radius 1 is 1.27 bits per heavy atom.